The van der Waals surface area contributed by atoms with Gasteiger partial charge in [-0.3, -0.25) is 9.59 Å². The lowest BCUT2D eigenvalue weighted by molar-refractivity contribution is -0.140. The second kappa shape index (κ2) is 13.6. The minimum absolute atomic E-state index is 0.105. The Balaban J connectivity index is 1.93. The van der Waals surface area contributed by atoms with Crippen LogP contribution in [-0.2, 0) is 9.59 Å². The molecule has 1 saturated heterocycles. The predicted octanol–water partition coefficient (Wildman–Crippen LogP) is 6.83. The zero-order chi connectivity index (χ0) is 26.9. The van der Waals surface area contributed by atoms with Gasteiger partial charge in [-0.15, -0.1) is 0 Å². The highest BCUT2D eigenvalue weighted by molar-refractivity contribution is 6.46. The average molecular weight is 505 g/mol. The quantitative estimate of drug-likeness (QED) is 0.184. The molecule has 5 nitrogen and oxygen atoms in total. The maximum Gasteiger partial charge on any atom is 0.295 e. The van der Waals surface area contributed by atoms with E-state index in [0.717, 1.165) is 62.9 Å². The predicted molar refractivity (Wildman–Crippen MR) is 152 cm³/mol. The van der Waals surface area contributed by atoms with Crippen molar-refractivity contribution in [3.05, 3.63) is 76.4 Å². The van der Waals surface area contributed by atoms with Crippen LogP contribution in [0.25, 0.3) is 5.76 Å². The molecule has 1 fully saturated rings. The topological polar surface area (TPSA) is 60.9 Å². The van der Waals surface area contributed by atoms with E-state index in [9.17, 15) is 14.7 Å². The number of benzene rings is 2. The number of amides is 1. The number of rotatable bonds is 13. The molecule has 3 rings (SSSR count). The van der Waals surface area contributed by atoms with Crippen LogP contribution < -0.4 is 0 Å². The lowest BCUT2D eigenvalue weighted by Crippen LogP contribution is -2.34. The van der Waals surface area contributed by atoms with Crippen LogP contribution in [0.2, 0.25) is 0 Å². The van der Waals surface area contributed by atoms with Crippen molar-refractivity contribution in [2.75, 3.05) is 26.2 Å². The molecular weight excluding hydrogens is 460 g/mol. The van der Waals surface area contributed by atoms with Crippen molar-refractivity contribution >= 4 is 17.4 Å². The summed E-state index contributed by atoms with van der Waals surface area (Å²) in [5.74, 6) is -0.860. The Hall–Kier alpha value is -2.92. The first-order valence-electron chi connectivity index (χ1n) is 14.0. The molecule has 0 radical (unpaired) electrons. The molecule has 0 spiro atoms. The van der Waals surface area contributed by atoms with Gasteiger partial charge in [-0.1, -0.05) is 94.6 Å². The van der Waals surface area contributed by atoms with E-state index in [1.807, 2.05) is 31.2 Å². The lowest BCUT2D eigenvalue weighted by Gasteiger charge is -2.27. The van der Waals surface area contributed by atoms with Gasteiger partial charge >= 0.3 is 0 Å². The molecule has 1 aliphatic rings. The summed E-state index contributed by atoms with van der Waals surface area (Å²) in [6.07, 6.45) is 5.41. The van der Waals surface area contributed by atoms with Gasteiger partial charge in [0, 0.05) is 12.1 Å². The Morgan fingerprint density at radius 2 is 1.46 bits per heavy atom. The highest BCUT2D eigenvalue weighted by atomic mass is 16.3. The number of aryl methyl sites for hydroxylation is 1. The fourth-order valence-corrected chi connectivity index (χ4v) is 4.95. The first kappa shape index (κ1) is 28.6. The summed E-state index contributed by atoms with van der Waals surface area (Å²) in [7, 11) is 0. The van der Waals surface area contributed by atoms with E-state index in [0.29, 0.717) is 18.0 Å². The van der Waals surface area contributed by atoms with E-state index in [1.165, 1.54) is 5.56 Å². The largest absolute Gasteiger partial charge is 0.507 e. The number of hydrogen-bond donors (Lipinski definition) is 1. The number of carbonyl (C=O) groups excluding carboxylic acids is 2. The molecule has 1 aliphatic heterocycles. The SMILES string of the molecule is CCCCN(CCCC)CCCN1C(=O)C(=O)C(=C(O)c2ccc(C)cc2)C1c1ccc(C(C)C)cc1. The number of aliphatic hydroxyl groups excluding tert-OH is 1. The van der Waals surface area contributed by atoms with E-state index < -0.39 is 17.7 Å². The summed E-state index contributed by atoms with van der Waals surface area (Å²) >= 11 is 0. The van der Waals surface area contributed by atoms with Gasteiger partial charge in [-0.25, -0.2) is 0 Å². The molecule has 2 aromatic carbocycles. The van der Waals surface area contributed by atoms with Crippen molar-refractivity contribution in [2.24, 2.45) is 0 Å². The van der Waals surface area contributed by atoms with E-state index in [2.05, 4.69) is 44.7 Å². The second-order valence-electron chi connectivity index (χ2n) is 10.6. The first-order chi connectivity index (χ1) is 17.8. The fourth-order valence-electron chi connectivity index (χ4n) is 4.95. The molecule has 1 unspecified atom stereocenters. The third-order valence-electron chi connectivity index (χ3n) is 7.31. The zero-order valence-corrected chi connectivity index (χ0v) is 23.3. The van der Waals surface area contributed by atoms with Crippen molar-refractivity contribution in [3.63, 3.8) is 0 Å². The molecule has 1 N–H and O–H groups in total. The number of aliphatic hydroxyl groups is 1. The van der Waals surface area contributed by atoms with E-state index in [4.69, 9.17) is 0 Å². The number of likely N-dealkylation sites (tertiary alicyclic amines) is 1. The summed E-state index contributed by atoms with van der Waals surface area (Å²) in [5, 5.41) is 11.3. The van der Waals surface area contributed by atoms with Crippen molar-refractivity contribution in [1.82, 2.24) is 9.80 Å². The Morgan fingerprint density at radius 3 is 2.00 bits per heavy atom. The van der Waals surface area contributed by atoms with Crippen LogP contribution in [-0.4, -0.2) is 52.8 Å². The van der Waals surface area contributed by atoms with Gasteiger partial charge < -0.3 is 14.9 Å². The number of carbonyl (C=O) groups is 2. The van der Waals surface area contributed by atoms with E-state index in [-0.39, 0.29) is 11.3 Å². The lowest BCUT2D eigenvalue weighted by atomic mass is 9.93. The Morgan fingerprint density at radius 1 is 0.892 bits per heavy atom. The van der Waals surface area contributed by atoms with Crippen molar-refractivity contribution in [3.8, 4) is 0 Å². The number of Topliss-reactive ketones (excluding diaryl/α,β-unsaturated/α-hetero) is 1. The summed E-state index contributed by atoms with van der Waals surface area (Å²) < 4.78 is 0. The molecule has 5 heteroatoms. The van der Waals surface area contributed by atoms with Crippen LogP contribution in [0.4, 0.5) is 0 Å². The monoisotopic (exact) mass is 504 g/mol. The number of unbranched alkanes of at least 4 members (excludes halogenated alkanes) is 2. The van der Waals surface area contributed by atoms with E-state index >= 15 is 0 Å². The van der Waals surface area contributed by atoms with Crippen LogP contribution in [0.3, 0.4) is 0 Å². The van der Waals surface area contributed by atoms with Gasteiger partial charge in [0.25, 0.3) is 11.7 Å². The Bertz CT molecular complexity index is 1060. The molecule has 0 saturated carbocycles. The smallest absolute Gasteiger partial charge is 0.295 e. The van der Waals surface area contributed by atoms with Crippen LogP contribution in [0, 0.1) is 6.92 Å². The van der Waals surface area contributed by atoms with Gasteiger partial charge in [0.2, 0.25) is 0 Å². The summed E-state index contributed by atoms with van der Waals surface area (Å²) in [6, 6.07) is 14.9. The minimum Gasteiger partial charge on any atom is -0.507 e. The van der Waals surface area contributed by atoms with Gasteiger partial charge in [0.15, 0.2) is 0 Å². The normalized spacial score (nSPS) is 17.4. The molecule has 1 heterocycles. The molecule has 1 amide bonds. The maximum atomic E-state index is 13.3. The van der Waals surface area contributed by atoms with Gasteiger partial charge in [0.1, 0.15) is 5.76 Å². The summed E-state index contributed by atoms with van der Waals surface area (Å²) in [4.78, 5) is 30.8. The fraction of sp³-hybridized carbons (Fsp3) is 0.500. The van der Waals surface area contributed by atoms with Gasteiger partial charge in [-0.05, 0) is 62.9 Å². The number of hydrogen-bond acceptors (Lipinski definition) is 4. The van der Waals surface area contributed by atoms with E-state index in [1.54, 1.807) is 17.0 Å². The number of ketones is 1. The maximum absolute atomic E-state index is 13.3. The van der Waals surface area contributed by atoms with Crippen molar-refractivity contribution in [1.29, 1.82) is 0 Å². The van der Waals surface area contributed by atoms with Crippen LogP contribution in [0.1, 0.15) is 94.0 Å². The molecule has 37 heavy (non-hydrogen) atoms. The first-order valence-corrected chi connectivity index (χ1v) is 14.0. The molecule has 0 bridgehead atoms. The average Bonchev–Trinajstić information content (AvgIpc) is 3.15. The molecular formula is C32H44N2O3. The third kappa shape index (κ3) is 7.10. The highest BCUT2D eigenvalue weighted by Gasteiger charge is 2.45. The Kier molecular flexibility index (Phi) is 10.5. The minimum atomic E-state index is -0.607. The molecule has 1 atom stereocenters. The Labute approximate surface area is 223 Å². The van der Waals surface area contributed by atoms with Crippen LogP contribution in [0.5, 0.6) is 0 Å². The highest BCUT2D eigenvalue weighted by Crippen LogP contribution is 2.39. The molecule has 200 valence electrons. The standard InChI is InChI=1S/C32H44N2O3/c1-6-8-19-33(20-9-7-2)21-10-22-34-29(26-17-15-25(16-18-26)23(3)4)28(31(36)32(34)37)30(35)27-13-11-24(5)12-14-27/h11-18,23,29,35H,6-10,19-22H2,1-5H3. The zero-order valence-electron chi connectivity index (χ0n) is 23.3. The molecule has 2 aromatic rings. The van der Waals surface area contributed by atoms with Crippen molar-refractivity contribution in [2.45, 2.75) is 78.7 Å². The number of nitrogens with zero attached hydrogens (tertiary/aromatic N) is 2. The van der Waals surface area contributed by atoms with Crippen LogP contribution in [0.15, 0.2) is 54.1 Å². The van der Waals surface area contributed by atoms with Crippen molar-refractivity contribution < 1.29 is 14.7 Å². The summed E-state index contributed by atoms with van der Waals surface area (Å²) in [5.41, 5.74) is 3.85. The second-order valence-corrected chi connectivity index (χ2v) is 10.6. The van der Waals surface area contributed by atoms with Crippen LogP contribution >= 0.6 is 0 Å². The van der Waals surface area contributed by atoms with Gasteiger partial charge in [0.05, 0.1) is 11.6 Å². The third-order valence-corrected chi connectivity index (χ3v) is 7.31. The van der Waals surface area contributed by atoms with Gasteiger partial charge in [-0.2, -0.15) is 0 Å². The molecule has 0 aliphatic carbocycles. The molecule has 0 aromatic heterocycles. The summed E-state index contributed by atoms with van der Waals surface area (Å²) in [6.45, 7) is 14.1.